The van der Waals surface area contributed by atoms with Crippen molar-refractivity contribution >= 4 is 16.8 Å². The van der Waals surface area contributed by atoms with Gasteiger partial charge in [-0.3, -0.25) is 4.79 Å². The van der Waals surface area contributed by atoms with Crippen LogP contribution >= 0.6 is 0 Å². The van der Waals surface area contributed by atoms with Gasteiger partial charge in [-0.05, 0) is 38.4 Å². The number of hydrogen-bond donors (Lipinski definition) is 1. The first-order valence-corrected chi connectivity index (χ1v) is 7.82. The number of carbonyl (C=O) groups excluding carboxylic acids is 1. The van der Waals surface area contributed by atoms with E-state index in [0.29, 0.717) is 12.2 Å². The summed E-state index contributed by atoms with van der Waals surface area (Å²) >= 11 is 0. The molecule has 2 heterocycles. The molecular formula is C17H23N3O. The molecule has 1 aliphatic heterocycles. The molecule has 1 saturated heterocycles. The number of rotatable bonds is 4. The van der Waals surface area contributed by atoms with E-state index in [1.165, 1.54) is 0 Å². The molecule has 112 valence electrons. The lowest BCUT2D eigenvalue weighted by Crippen LogP contribution is -2.44. The maximum atomic E-state index is 12.7. The lowest BCUT2D eigenvalue weighted by atomic mass is 9.77. The highest BCUT2D eigenvalue weighted by Crippen LogP contribution is 2.28. The van der Waals surface area contributed by atoms with Crippen molar-refractivity contribution < 1.29 is 4.79 Å². The van der Waals surface area contributed by atoms with Crippen LogP contribution in [0.3, 0.4) is 0 Å². The minimum Gasteiger partial charge on any atom is -0.328 e. The van der Waals surface area contributed by atoms with Gasteiger partial charge in [-0.1, -0.05) is 19.1 Å². The first kappa shape index (κ1) is 14.3. The van der Waals surface area contributed by atoms with E-state index in [0.717, 1.165) is 49.3 Å². The predicted molar refractivity (Wildman–Crippen MR) is 84.3 cm³/mol. The van der Waals surface area contributed by atoms with Crippen LogP contribution < -0.4 is 5.32 Å². The van der Waals surface area contributed by atoms with Gasteiger partial charge in [0, 0.05) is 18.5 Å². The summed E-state index contributed by atoms with van der Waals surface area (Å²) in [5.41, 5.74) is 1.86. The number of ketones is 1. The fourth-order valence-electron chi connectivity index (χ4n) is 3.26. The molecule has 1 aromatic carbocycles. The normalized spacial score (nSPS) is 22.6. The molecule has 1 fully saturated rings. The second kappa shape index (κ2) is 5.60. The zero-order chi connectivity index (χ0) is 14.9. The third-order valence-corrected chi connectivity index (χ3v) is 4.64. The quantitative estimate of drug-likeness (QED) is 0.939. The third kappa shape index (κ3) is 2.60. The summed E-state index contributed by atoms with van der Waals surface area (Å²) < 4.78 is 2.16. The molecule has 1 atom stereocenters. The van der Waals surface area contributed by atoms with Crippen LogP contribution in [0.5, 0.6) is 0 Å². The number of aryl methyl sites for hydroxylation is 1. The molecule has 0 saturated carbocycles. The Bertz CT molecular complexity index is 653. The Labute approximate surface area is 125 Å². The van der Waals surface area contributed by atoms with Crippen LogP contribution in [0.4, 0.5) is 0 Å². The van der Waals surface area contributed by atoms with Gasteiger partial charge in [0.15, 0.2) is 0 Å². The molecule has 4 heteroatoms. The fraction of sp³-hybridized carbons (Fsp3) is 0.529. The summed E-state index contributed by atoms with van der Waals surface area (Å²) in [7, 11) is 0. The Hall–Kier alpha value is -1.68. The van der Waals surface area contributed by atoms with Crippen LogP contribution in [-0.4, -0.2) is 28.4 Å². The molecule has 0 bridgehead atoms. The van der Waals surface area contributed by atoms with Crippen LogP contribution in [-0.2, 0) is 17.8 Å². The molecule has 1 N–H and O–H groups in total. The summed E-state index contributed by atoms with van der Waals surface area (Å²) in [5.74, 6) is 1.20. The number of para-hydroxylation sites is 2. The Morgan fingerprint density at radius 2 is 2.24 bits per heavy atom. The lowest BCUT2D eigenvalue weighted by molar-refractivity contribution is -0.128. The Balaban J connectivity index is 1.89. The van der Waals surface area contributed by atoms with Gasteiger partial charge in [0.05, 0.1) is 17.5 Å². The topological polar surface area (TPSA) is 46.9 Å². The fourth-order valence-corrected chi connectivity index (χ4v) is 3.26. The van der Waals surface area contributed by atoms with Crippen molar-refractivity contribution in [2.75, 3.05) is 13.1 Å². The summed E-state index contributed by atoms with van der Waals surface area (Å²) in [6.07, 6.45) is 2.48. The van der Waals surface area contributed by atoms with E-state index in [4.69, 9.17) is 0 Å². The molecule has 1 aliphatic rings. The number of nitrogens with one attached hydrogen (secondary N) is 1. The maximum absolute atomic E-state index is 12.7. The maximum Gasteiger partial charge on any atom is 0.147 e. The highest BCUT2D eigenvalue weighted by atomic mass is 16.1. The Kier molecular flexibility index (Phi) is 3.81. The van der Waals surface area contributed by atoms with E-state index in [2.05, 4.69) is 34.8 Å². The molecular weight excluding hydrogens is 262 g/mol. The second-order valence-electron chi connectivity index (χ2n) is 6.20. The van der Waals surface area contributed by atoms with E-state index >= 15 is 0 Å². The number of Topliss-reactive ketones (excluding diaryl/α,β-unsaturated/α-hetero) is 1. The number of imidazole rings is 1. The van der Waals surface area contributed by atoms with Gasteiger partial charge in [-0.25, -0.2) is 4.98 Å². The van der Waals surface area contributed by atoms with Crippen molar-refractivity contribution in [1.29, 1.82) is 0 Å². The highest BCUT2D eigenvalue weighted by molar-refractivity contribution is 5.87. The molecule has 0 amide bonds. The minimum atomic E-state index is -0.241. The van der Waals surface area contributed by atoms with E-state index in [1.807, 2.05) is 18.2 Å². The van der Waals surface area contributed by atoms with Gasteiger partial charge in [0.2, 0.25) is 0 Å². The number of benzene rings is 1. The predicted octanol–water partition coefficient (Wildman–Crippen LogP) is 2.56. The average Bonchev–Trinajstić information content (AvgIpc) is 2.85. The van der Waals surface area contributed by atoms with Crippen molar-refractivity contribution in [3.63, 3.8) is 0 Å². The number of piperidine rings is 1. The number of aromatic nitrogens is 2. The van der Waals surface area contributed by atoms with Gasteiger partial charge < -0.3 is 9.88 Å². The zero-order valence-electron chi connectivity index (χ0n) is 12.9. The smallest absolute Gasteiger partial charge is 0.147 e. The van der Waals surface area contributed by atoms with Crippen LogP contribution in [0, 0.1) is 5.41 Å². The molecule has 21 heavy (non-hydrogen) atoms. The average molecular weight is 285 g/mol. The SMILES string of the molecule is CCn1c(CC(=O)C2(C)CCCNC2)nc2ccccc21. The molecule has 1 unspecified atom stereocenters. The van der Waals surface area contributed by atoms with Crippen molar-refractivity contribution in [3.8, 4) is 0 Å². The van der Waals surface area contributed by atoms with Crippen LogP contribution in [0.1, 0.15) is 32.5 Å². The van der Waals surface area contributed by atoms with Gasteiger partial charge in [-0.2, -0.15) is 0 Å². The van der Waals surface area contributed by atoms with Crippen molar-refractivity contribution in [2.24, 2.45) is 5.41 Å². The lowest BCUT2D eigenvalue weighted by Gasteiger charge is -2.32. The first-order chi connectivity index (χ1) is 10.1. The molecule has 4 nitrogen and oxygen atoms in total. The molecule has 1 aromatic heterocycles. The van der Waals surface area contributed by atoms with Crippen molar-refractivity contribution in [3.05, 3.63) is 30.1 Å². The number of nitrogens with zero attached hydrogens (tertiary/aromatic N) is 2. The summed E-state index contributed by atoms with van der Waals surface area (Å²) in [6, 6.07) is 8.10. The van der Waals surface area contributed by atoms with Gasteiger partial charge in [0.25, 0.3) is 0 Å². The number of fused-ring (bicyclic) bond motifs is 1. The molecule has 2 aromatic rings. The largest absolute Gasteiger partial charge is 0.328 e. The molecule has 0 radical (unpaired) electrons. The summed E-state index contributed by atoms with van der Waals surface area (Å²) in [5, 5.41) is 3.35. The van der Waals surface area contributed by atoms with Crippen molar-refractivity contribution in [2.45, 2.75) is 39.7 Å². The summed E-state index contributed by atoms with van der Waals surface area (Å²) in [4.78, 5) is 17.4. The van der Waals surface area contributed by atoms with E-state index in [1.54, 1.807) is 0 Å². The van der Waals surface area contributed by atoms with Gasteiger partial charge in [0.1, 0.15) is 11.6 Å². The van der Waals surface area contributed by atoms with Crippen molar-refractivity contribution in [1.82, 2.24) is 14.9 Å². The zero-order valence-corrected chi connectivity index (χ0v) is 12.9. The van der Waals surface area contributed by atoms with E-state index < -0.39 is 0 Å². The van der Waals surface area contributed by atoms with E-state index in [9.17, 15) is 4.79 Å². The Morgan fingerprint density at radius 1 is 1.43 bits per heavy atom. The van der Waals surface area contributed by atoms with Gasteiger partial charge >= 0.3 is 0 Å². The third-order valence-electron chi connectivity index (χ3n) is 4.64. The second-order valence-corrected chi connectivity index (χ2v) is 6.20. The highest BCUT2D eigenvalue weighted by Gasteiger charge is 2.34. The standard InChI is InChI=1S/C17H23N3O/c1-3-20-14-8-5-4-7-13(14)19-16(20)11-15(21)17(2)9-6-10-18-12-17/h4-5,7-8,18H,3,6,9-12H2,1-2H3. The number of carbonyl (C=O) groups is 1. The molecule has 0 spiro atoms. The summed E-state index contributed by atoms with van der Waals surface area (Å²) in [6.45, 7) is 6.85. The van der Waals surface area contributed by atoms with Gasteiger partial charge in [-0.15, -0.1) is 0 Å². The van der Waals surface area contributed by atoms with Crippen LogP contribution in [0.15, 0.2) is 24.3 Å². The van der Waals surface area contributed by atoms with E-state index in [-0.39, 0.29) is 5.41 Å². The molecule has 0 aliphatic carbocycles. The van der Waals surface area contributed by atoms with Crippen LogP contribution in [0.25, 0.3) is 11.0 Å². The number of hydrogen-bond acceptors (Lipinski definition) is 3. The minimum absolute atomic E-state index is 0.241. The van der Waals surface area contributed by atoms with Crippen LogP contribution in [0.2, 0.25) is 0 Å². The monoisotopic (exact) mass is 285 g/mol. The molecule has 3 rings (SSSR count). The first-order valence-electron chi connectivity index (χ1n) is 7.82. The Morgan fingerprint density at radius 3 is 2.95 bits per heavy atom.